The third-order valence-electron chi connectivity index (χ3n) is 4.42. The molecule has 0 fully saturated rings. The average Bonchev–Trinajstić information content (AvgIpc) is 3.02. The number of nitrogens with zero attached hydrogens (tertiary/aromatic N) is 2. The Balaban J connectivity index is 1.94. The largest absolute Gasteiger partial charge is 0.309 e. The first-order valence-electron chi connectivity index (χ1n) is 8.56. The molecule has 0 saturated carbocycles. The molecule has 0 unspecified atom stereocenters. The molecule has 0 saturated heterocycles. The van der Waals surface area contributed by atoms with Crippen molar-refractivity contribution in [3.8, 4) is 5.69 Å². The fraction of sp³-hybridized carbons (Fsp3) is 0.200. The van der Waals surface area contributed by atoms with Gasteiger partial charge in [0, 0.05) is 11.1 Å². The van der Waals surface area contributed by atoms with Gasteiger partial charge >= 0.3 is 0 Å². The molecule has 0 aliphatic heterocycles. The predicted molar refractivity (Wildman–Crippen MR) is 110 cm³/mol. The maximum absolute atomic E-state index is 13.0. The number of benzene rings is 2. The Morgan fingerprint density at radius 2 is 1.68 bits per heavy atom. The van der Waals surface area contributed by atoms with E-state index in [2.05, 4.69) is 10.4 Å². The molecule has 1 heterocycles. The Kier molecular flexibility index (Phi) is 5.32. The lowest BCUT2D eigenvalue weighted by molar-refractivity contribution is -0.117. The number of hydrogen-bond donors (Lipinski definition) is 1. The lowest BCUT2D eigenvalue weighted by atomic mass is 10.2. The van der Waals surface area contributed by atoms with Crippen LogP contribution in [0.3, 0.4) is 0 Å². The van der Waals surface area contributed by atoms with E-state index in [4.69, 9.17) is 11.6 Å². The minimum Gasteiger partial charge on any atom is -0.309 e. The maximum atomic E-state index is 13.0. The molecule has 0 bridgehead atoms. The molecular formula is C20H20ClN3O3S. The number of hydrogen-bond acceptors (Lipinski definition) is 4. The van der Waals surface area contributed by atoms with Crippen LogP contribution in [0.4, 0.5) is 5.82 Å². The number of carbonyl (C=O) groups excluding carboxylic acids is 1. The van der Waals surface area contributed by atoms with Crippen LogP contribution in [0.5, 0.6) is 0 Å². The van der Waals surface area contributed by atoms with E-state index in [1.807, 2.05) is 30.3 Å². The normalized spacial score (nSPS) is 12.0. The molecule has 146 valence electrons. The van der Waals surface area contributed by atoms with Crippen molar-refractivity contribution in [1.29, 1.82) is 0 Å². The van der Waals surface area contributed by atoms with Gasteiger partial charge in [0.2, 0.25) is 5.91 Å². The first kappa shape index (κ1) is 20.1. The van der Waals surface area contributed by atoms with Gasteiger partial charge in [-0.3, -0.25) is 4.79 Å². The van der Waals surface area contributed by atoms with Gasteiger partial charge in [-0.1, -0.05) is 29.8 Å². The third kappa shape index (κ3) is 3.68. The molecule has 0 radical (unpaired) electrons. The van der Waals surface area contributed by atoms with E-state index in [0.717, 1.165) is 5.69 Å². The number of rotatable bonds is 5. The topological polar surface area (TPSA) is 81.1 Å². The van der Waals surface area contributed by atoms with Gasteiger partial charge in [0.15, 0.2) is 9.84 Å². The van der Waals surface area contributed by atoms with Crippen molar-refractivity contribution in [2.24, 2.45) is 0 Å². The third-order valence-corrected chi connectivity index (χ3v) is 7.09. The highest BCUT2D eigenvalue weighted by Crippen LogP contribution is 2.28. The number of amides is 1. The Morgan fingerprint density at radius 1 is 1.07 bits per heavy atom. The van der Waals surface area contributed by atoms with Gasteiger partial charge < -0.3 is 5.32 Å². The highest BCUT2D eigenvalue weighted by molar-refractivity contribution is 7.93. The van der Waals surface area contributed by atoms with Gasteiger partial charge in [0.05, 0.1) is 16.3 Å². The van der Waals surface area contributed by atoms with Gasteiger partial charge in [-0.2, -0.15) is 5.10 Å². The average molecular weight is 418 g/mol. The summed E-state index contributed by atoms with van der Waals surface area (Å²) < 4.78 is 25.9. The molecule has 28 heavy (non-hydrogen) atoms. The molecule has 8 heteroatoms. The van der Waals surface area contributed by atoms with Crippen molar-refractivity contribution in [3.63, 3.8) is 0 Å². The number of carbonyl (C=O) groups is 1. The van der Waals surface area contributed by atoms with E-state index in [-0.39, 0.29) is 4.90 Å². The van der Waals surface area contributed by atoms with Crippen LogP contribution in [-0.4, -0.2) is 28.9 Å². The zero-order chi connectivity index (χ0) is 20.5. The van der Waals surface area contributed by atoms with E-state index in [9.17, 15) is 13.2 Å². The molecule has 0 spiro atoms. The standard InChI is InChI=1S/C20H20ClN3O3S/c1-14-13-18(24(23-14)16-7-5-4-6-8-16)22-19(25)20(2,3)28(26,27)17-11-9-15(21)10-12-17/h4-13H,1-3H3,(H,22,25). The van der Waals surface area contributed by atoms with E-state index in [1.54, 1.807) is 17.7 Å². The van der Waals surface area contributed by atoms with Crippen molar-refractivity contribution in [2.75, 3.05) is 5.32 Å². The first-order valence-corrected chi connectivity index (χ1v) is 10.4. The Hall–Kier alpha value is -2.64. The smallest absolute Gasteiger partial charge is 0.246 e. The molecule has 1 N–H and O–H groups in total. The molecule has 0 aliphatic carbocycles. The minimum absolute atomic E-state index is 0.0322. The van der Waals surface area contributed by atoms with E-state index < -0.39 is 20.5 Å². The van der Waals surface area contributed by atoms with Crippen LogP contribution >= 0.6 is 11.6 Å². The molecule has 6 nitrogen and oxygen atoms in total. The van der Waals surface area contributed by atoms with Crippen molar-refractivity contribution in [3.05, 3.63) is 71.4 Å². The lowest BCUT2D eigenvalue weighted by Gasteiger charge is -2.24. The quantitative estimate of drug-likeness (QED) is 0.679. The summed E-state index contributed by atoms with van der Waals surface area (Å²) in [5, 5.41) is 7.52. The van der Waals surface area contributed by atoms with E-state index >= 15 is 0 Å². The summed E-state index contributed by atoms with van der Waals surface area (Å²) in [6, 6.07) is 16.7. The van der Waals surface area contributed by atoms with Gasteiger partial charge in [-0.05, 0) is 57.2 Å². The van der Waals surface area contributed by atoms with E-state index in [0.29, 0.717) is 16.5 Å². The van der Waals surface area contributed by atoms with Crippen molar-refractivity contribution < 1.29 is 13.2 Å². The fourth-order valence-electron chi connectivity index (χ4n) is 2.65. The number of aryl methyl sites for hydroxylation is 1. The predicted octanol–water partition coefficient (Wildman–Crippen LogP) is 4.03. The number of nitrogens with one attached hydrogen (secondary N) is 1. The van der Waals surface area contributed by atoms with E-state index in [1.165, 1.54) is 38.1 Å². The number of para-hydroxylation sites is 1. The zero-order valence-corrected chi connectivity index (χ0v) is 17.3. The van der Waals surface area contributed by atoms with Crippen LogP contribution in [0.25, 0.3) is 5.69 Å². The number of sulfone groups is 1. The second-order valence-electron chi connectivity index (χ2n) is 6.84. The van der Waals surface area contributed by atoms with Crippen LogP contribution in [0, 0.1) is 6.92 Å². The van der Waals surface area contributed by atoms with Crippen molar-refractivity contribution >= 4 is 33.2 Å². The van der Waals surface area contributed by atoms with Crippen molar-refractivity contribution in [1.82, 2.24) is 9.78 Å². The Labute approximate surface area is 169 Å². The molecule has 1 aromatic heterocycles. The maximum Gasteiger partial charge on any atom is 0.246 e. The number of anilines is 1. The molecular weight excluding hydrogens is 398 g/mol. The molecule has 0 aliphatic rings. The molecule has 2 aromatic carbocycles. The second-order valence-corrected chi connectivity index (χ2v) is 9.78. The van der Waals surface area contributed by atoms with Gasteiger partial charge in [0.25, 0.3) is 0 Å². The van der Waals surface area contributed by atoms with Crippen LogP contribution < -0.4 is 5.32 Å². The Bertz CT molecular complexity index is 1110. The van der Waals surface area contributed by atoms with Gasteiger partial charge in [-0.25, -0.2) is 13.1 Å². The molecule has 3 aromatic rings. The number of halogens is 1. The van der Waals surface area contributed by atoms with Gasteiger partial charge in [-0.15, -0.1) is 0 Å². The summed E-state index contributed by atoms with van der Waals surface area (Å²) in [5.74, 6) is -0.257. The van der Waals surface area contributed by atoms with Crippen LogP contribution in [0.2, 0.25) is 5.02 Å². The van der Waals surface area contributed by atoms with Crippen LogP contribution in [0.15, 0.2) is 65.6 Å². The summed E-state index contributed by atoms with van der Waals surface area (Å²) in [6.07, 6.45) is 0. The molecule has 1 amide bonds. The zero-order valence-electron chi connectivity index (χ0n) is 15.7. The lowest BCUT2D eigenvalue weighted by Crippen LogP contribution is -2.44. The number of aromatic nitrogens is 2. The fourth-order valence-corrected chi connectivity index (χ4v) is 4.16. The first-order chi connectivity index (χ1) is 13.1. The minimum atomic E-state index is -3.95. The summed E-state index contributed by atoms with van der Waals surface area (Å²) in [4.78, 5) is 13.0. The summed E-state index contributed by atoms with van der Waals surface area (Å²) in [7, 11) is -3.95. The summed E-state index contributed by atoms with van der Waals surface area (Å²) in [5.41, 5.74) is 1.45. The van der Waals surface area contributed by atoms with Crippen LogP contribution in [-0.2, 0) is 14.6 Å². The van der Waals surface area contributed by atoms with Crippen molar-refractivity contribution in [2.45, 2.75) is 30.4 Å². The second kappa shape index (κ2) is 7.41. The Morgan fingerprint density at radius 3 is 2.29 bits per heavy atom. The molecule has 0 atom stereocenters. The monoisotopic (exact) mass is 417 g/mol. The van der Waals surface area contributed by atoms with Crippen LogP contribution in [0.1, 0.15) is 19.5 Å². The summed E-state index contributed by atoms with van der Waals surface area (Å²) in [6.45, 7) is 4.55. The van der Waals surface area contributed by atoms with Gasteiger partial charge in [0.1, 0.15) is 10.6 Å². The highest BCUT2D eigenvalue weighted by Gasteiger charge is 2.43. The molecule has 3 rings (SSSR count). The summed E-state index contributed by atoms with van der Waals surface area (Å²) >= 11 is 5.84. The highest BCUT2D eigenvalue weighted by atomic mass is 35.5. The SMILES string of the molecule is Cc1cc(NC(=O)C(C)(C)S(=O)(=O)c2ccc(Cl)cc2)n(-c2ccccc2)n1.